The van der Waals surface area contributed by atoms with E-state index >= 15 is 0 Å². The molecule has 4 saturated carbocycles. The average molecular weight is 502 g/mol. The van der Waals surface area contributed by atoms with Gasteiger partial charge in [-0.3, -0.25) is 4.99 Å². The summed E-state index contributed by atoms with van der Waals surface area (Å²) in [5, 5.41) is 20.8. The zero-order valence-corrected chi connectivity index (χ0v) is 23.3. The number of hydrogen-bond acceptors (Lipinski definition) is 3. The highest BCUT2D eigenvalue weighted by Gasteiger charge is 2.83. The van der Waals surface area contributed by atoms with Crippen LogP contribution in [0.2, 0.25) is 0 Å². The lowest BCUT2D eigenvalue weighted by atomic mass is 9.37. The van der Waals surface area contributed by atoms with Crippen molar-refractivity contribution in [2.75, 3.05) is 19.8 Å². The molecule has 3 heteroatoms. The third kappa shape index (κ3) is 3.00. The average Bonchev–Trinajstić information content (AvgIpc) is 3.27. The van der Waals surface area contributed by atoms with Gasteiger partial charge in [0.1, 0.15) is 0 Å². The molecule has 1 heterocycles. The zero-order chi connectivity index (χ0) is 25.8. The molecule has 0 aromatic heterocycles. The summed E-state index contributed by atoms with van der Waals surface area (Å²) in [4.78, 5) is 4.37. The summed E-state index contributed by atoms with van der Waals surface area (Å²) in [6.45, 7) is 13.8. The number of allylic oxidation sites excluding steroid dienone is 6. The summed E-state index contributed by atoms with van der Waals surface area (Å²) in [5.74, 6) is 3.91. The molecule has 0 aromatic rings. The topological polar surface area (TPSA) is 52.8 Å². The summed E-state index contributed by atoms with van der Waals surface area (Å²) in [6, 6.07) is 0. The lowest BCUT2D eigenvalue weighted by Crippen LogP contribution is -2.60. The monoisotopic (exact) mass is 501 g/mol. The number of aliphatic hydroxyl groups excluding tert-OH is 2. The molecular formula is C34H47NO2. The van der Waals surface area contributed by atoms with Crippen molar-refractivity contribution in [2.24, 2.45) is 68.1 Å². The van der Waals surface area contributed by atoms with Crippen molar-refractivity contribution in [3.05, 3.63) is 47.6 Å². The first-order valence-corrected chi connectivity index (χ1v) is 15.2. The minimum Gasteiger partial charge on any atom is -0.396 e. The van der Waals surface area contributed by atoms with Crippen LogP contribution in [0, 0.1) is 63.1 Å². The largest absolute Gasteiger partial charge is 0.396 e. The number of aliphatic imine (C=N–C) groups is 1. The van der Waals surface area contributed by atoms with Crippen LogP contribution in [0.3, 0.4) is 0 Å². The molecule has 2 spiro atoms. The fourth-order valence-corrected chi connectivity index (χ4v) is 12.1. The van der Waals surface area contributed by atoms with Gasteiger partial charge in [-0.1, -0.05) is 62.8 Å². The second-order valence-corrected chi connectivity index (χ2v) is 14.9. The Morgan fingerprint density at radius 3 is 2.70 bits per heavy atom. The number of aliphatic hydroxyl groups is 2. The molecular weight excluding hydrogens is 454 g/mol. The summed E-state index contributed by atoms with van der Waals surface area (Å²) in [7, 11) is 0. The fourth-order valence-electron chi connectivity index (χ4n) is 12.1. The van der Waals surface area contributed by atoms with Gasteiger partial charge in [0.25, 0.3) is 0 Å². The molecule has 7 rings (SSSR count). The lowest BCUT2D eigenvalue weighted by Gasteiger charge is -2.66. The molecule has 0 unspecified atom stereocenters. The summed E-state index contributed by atoms with van der Waals surface area (Å²) in [5.41, 5.74) is 5.24. The van der Waals surface area contributed by atoms with E-state index in [1.807, 2.05) is 6.21 Å². The number of hydrogen-bond donors (Lipinski definition) is 2. The highest BCUT2D eigenvalue weighted by molar-refractivity contribution is 5.80. The molecule has 4 fully saturated rings. The highest BCUT2D eigenvalue weighted by Crippen LogP contribution is 2.89. The molecule has 1 aliphatic heterocycles. The van der Waals surface area contributed by atoms with E-state index in [1.165, 1.54) is 49.7 Å². The van der Waals surface area contributed by atoms with E-state index < -0.39 is 0 Å². The second kappa shape index (κ2) is 8.04. The molecule has 0 bridgehead atoms. The Morgan fingerprint density at radius 2 is 1.97 bits per heavy atom. The van der Waals surface area contributed by atoms with Gasteiger partial charge in [0, 0.05) is 30.3 Å². The number of fused-ring (bicyclic) bond motifs is 1. The summed E-state index contributed by atoms with van der Waals surface area (Å²) >= 11 is 0. The van der Waals surface area contributed by atoms with Gasteiger partial charge < -0.3 is 10.2 Å². The van der Waals surface area contributed by atoms with E-state index in [1.54, 1.807) is 5.57 Å². The SMILES string of the molecule is C=C1C=C2[C@@]3(CC[C@H](C[C@H](CO)CC4=CCN=C4)C3)C[C@@H]3[C@@H](CO)CC[C@@H]4C=C[C@@]5([C@@H]1C5(C)C)[C@]2(C)[C@H]34. The predicted molar refractivity (Wildman–Crippen MR) is 150 cm³/mol. The van der Waals surface area contributed by atoms with Gasteiger partial charge in [-0.2, -0.15) is 0 Å². The Hall–Kier alpha value is -1.45. The molecule has 0 saturated heterocycles. The van der Waals surface area contributed by atoms with Gasteiger partial charge in [0.05, 0.1) is 6.54 Å². The third-order valence-corrected chi connectivity index (χ3v) is 13.3. The maximum Gasteiger partial charge on any atom is 0.0576 e. The molecule has 2 N–H and O–H groups in total. The third-order valence-electron chi connectivity index (χ3n) is 13.3. The van der Waals surface area contributed by atoms with Crippen LogP contribution >= 0.6 is 0 Å². The van der Waals surface area contributed by atoms with Crippen molar-refractivity contribution in [1.29, 1.82) is 0 Å². The molecule has 200 valence electrons. The van der Waals surface area contributed by atoms with E-state index in [4.69, 9.17) is 6.58 Å². The minimum atomic E-state index is 0.162. The molecule has 7 aliphatic rings. The zero-order valence-electron chi connectivity index (χ0n) is 23.3. The van der Waals surface area contributed by atoms with E-state index in [0.29, 0.717) is 48.0 Å². The maximum atomic E-state index is 10.6. The van der Waals surface area contributed by atoms with Crippen LogP contribution in [0.15, 0.2) is 52.6 Å². The van der Waals surface area contributed by atoms with Gasteiger partial charge in [-0.05, 0) is 109 Å². The number of rotatable bonds is 6. The summed E-state index contributed by atoms with van der Waals surface area (Å²) < 4.78 is 0. The number of nitrogens with zero attached hydrogens (tertiary/aromatic N) is 1. The Labute approximate surface area is 223 Å². The fraction of sp³-hybridized carbons (Fsp3) is 0.735. The van der Waals surface area contributed by atoms with Gasteiger partial charge in [0.2, 0.25) is 0 Å². The molecule has 6 aliphatic carbocycles. The first kappa shape index (κ1) is 24.6. The highest BCUT2D eigenvalue weighted by atomic mass is 16.3. The van der Waals surface area contributed by atoms with E-state index in [9.17, 15) is 10.2 Å². The van der Waals surface area contributed by atoms with Crippen molar-refractivity contribution in [1.82, 2.24) is 0 Å². The van der Waals surface area contributed by atoms with Crippen LogP contribution in [-0.4, -0.2) is 36.2 Å². The Balaban J connectivity index is 1.26. The quantitative estimate of drug-likeness (QED) is 0.406. The van der Waals surface area contributed by atoms with Crippen LogP contribution in [-0.2, 0) is 0 Å². The first-order chi connectivity index (χ1) is 17.7. The van der Waals surface area contributed by atoms with E-state index in [0.717, 1.165) is 19.4 Å². The van der Waals surface area contributed by atoms with Crippen LogP contribution in [0.25, 0.3) is 0 Å². The normalized spacial score (nSPS) is 48.9. The molecule has 37 heavy (non-hydrogen) atoms. The van der Waals surface area contributed by atoms with Crippen molar-refractivity contribution in [3.8, 4) is 0 Å². The Bertz CT molecular complexity index is 1130. The maximum absolute atomic E-state index is 10.6. The first-order valence-electron chi connectivity index (χ1n) is 15.2. The standard InChI is InChI=1S/C34H47NO2/c1-21-13-28-32(4)29-25(8-11-34(32)30(21)31(34,2)3)5-6-26(20-37)27(29)17-33(28)10-7-22(16-33)14-24(19-36)15-23-9-12-35-18-23/h8-9,11,13,18,22,24-27,29-30,36-37H,1,5-7,10,12,14-17,19-20H2,2-4H3/t22-,24+,25-,26-,27-,29+,30+,32+,33-,34+/m1/s1. The Morgan fingerprint density at radius 1 is 1.14 bits per heavy atom. The predicted octanol–water partition coefficient (Wildman–Crippen LogP) is 6.54. The van der Waals surface area contributed by atoms with E-state index in [-0.39, 0.29) is 28.3 Å². The van der Waals surface area contributed by atoms with Crippen LogP contribution in [0.1, 0.15) is 72.1 Å². The van der Waals surface area contributed by atoms with Crippen molar-refractivity contribution in [3.63, 3.8) is 0 Å². The molecule has 0 aromatic carbocycles. The van der Waals surface area contributed by atoms with E-state index in [2.05, 4.69) is 50.1 Å². The smallest absolute Gasteiger partial charge is 0.0576 e. The summed E-state index contributed by atoms with van der Waals surface area (Å²) in [6.07, 6.45) is 21.7. The Kier molecular flexibility index (Phi) is 5.34. The van der Waals surface area contributed by atoms with Gasteiger partial charge in [0.15, 0.2) is 0 Å². The minimum absolute atomic E-state index is 0.162. The lowest BCUT2D eigenvalue weighted by molar-refractivity contribution is -0.0966. The molecule has 3 nitrogen and oxygen atoms in total. The molecule has 0 amide bonds. The van der Waals surface area contributed by atoms with Crippen molar-refractivity contribution in [2.45, 2.75) is 72.1 Å². The van der Waals surface area contributed by atoms with Crippen LogP contribution < -0.4 is 0 Å². The molecule has 0 radical (unpaired) electrons. The van der Waals surface area contributed by atoms with Gasteiger partial charge in [-0.25, -0.2) is 0 Å². The molecule has 10 atom stereocenters. The van der Waals surface area contributed by atoms with Crippen LogP contribution in [0.5, 0.6) is 0 Å². The van der Waals surface area contributed by atoms with Gasteiger partial charge >= 0.3 is 0 Å². The van der Waals surface area contributed by atoms with Crippen molar-refractivity contribution >= 4 is 6.21 Å². The van der Waals surface area contributed by atoms with Gasteiger partial charge in [-0.15, -0.1) is 0 Å². The van der Waals surface area contributed by atoms with Crippen molar-refractivity contribution < 1.29 is 10.2 Å². The second-order valence-electron chi connectivity index (χ2n) is 14.9. The van der Waals surface area contributed by atoms with Crippen LogP contribution in [0.4, 0.5) is 0 Å².